The largest absolute Gasteiger partial charge is 0.454 e. The zero-order chi connectivity index (χ0) is 14.9. The SMILES string of the molecule is C=C1NN[C@]([NH2+]Cc2ccc3c(c2)OCO3)(SC)NC1=O. The van der Waals surface area contributed by atoms with Crippen LogP contribution < -0.4 is 31.0 Å². The predicted molar refractivity (Wildman–Crippen MR) is 78.0 cm³/mol. The fraction of sp³-hybridized carbons (Fsp3) is 0.308. The zero-order valence-electron chi connectivity index (χ0n) is 11.6. The van der Waals surface area contributed by atoms with E-state index in [1.54, 1.807) is 0 Å². The number of rotatable bonds is 4. The summed E-state index contributed by atoms with van der Waals surface area (Å²) in [5.74, 6) is 1.30. The maximum atomic E-state index is 11.8. The first-order chi connectivity index (χ1) is 10.1. The molecule has 1 fully saturated rings. The number of ether oxygens (including phenoxy) is 2. The lowest BCUT2D eigenvalue weighted by atomic mass is 10.2. The maximum Gasteiger partial charge on any atom is 0.297 e. The Labute approximate surface area is 126 Å². The Kier molecular flexibility index (Phi) is 3.66. The molecule has 0 radical (unpaired) electrons. The summed E-state index contributed by atoms with van der Waals surface area (Å²) in [6.45, 7) is 4.54. The van der Waals surface area contributed by atoms with Gasteiger partial charge in [-0.1, -0.05) is 18.3 Å². The van der Waals surface area contributed by atoms with E-state index in [0.29, 0.717) is 12.2 Å². The molecule has 0 aliphatic carbocycles. The Morgan fingerprint density at radius 2 is 2.24 bits per heavy atom. The van der Waals surface area contributed by atoms with E-state index in [1.165, 1.54) is 11.8 Å². The van der Waals surface area contributed by atoms with Crippen molar-refractivity contribution in [1.29, 1.82) is 0 Å². The number of amides is 1. The van der Waals surface area contributed by atoms with Crippen LogP contribution in [0.3, 0.4) is 0 Å². The van der Waals surface area contributed by atoms with E-state index in [0.717, 1.165) is 17.1 Å². The highest BCUT2D eigenvalue weighted by Gasteiger charge is 2.39. The number of nitrogens with one attached hydrogen (secondary N) is 3. The second kappa shape index (κ2) is 5.47. The number of hydrogen-bond donors (Lipinski definition) is 4. The normalized spacial score (nSPS) is 23.7. The van der Waals surface area contributed by atoms with Gasteiger partial charge in [0.1, 0.15) is 12.2 Å². The van der Waals surface area contributed by atoms with Crippen LogP contribution in [-0.4, -0.2) is 24.1 Å². The van der Waals surface area contributed by atoms with Crippen molar-refractivity contribution in [3.63, 3.8) is 0 Å². The van der Waals surface area contributed by atoms with Crippen LogP contribution in [0, 0.1) is 0 Å². The smallest absolute Gasteiger partial charge is 0.297 e. The van der Waals surface area contributed by atoms with E-state index >= 15 is 0 Å². The predicted octanol–water partition coefficient (Wildman–Crippen LogP) is -0.809. The van der Waals surface area contributed by atoms with Gasteiger partial charge in [0.25, 0.3) is 11.0 Å². The van der Waals surface area contributed by atoms with Gasteiger partial charge in [-0.15, -0.1) is 0 Å². The third kappa shape index (κ3) is 2.78. The molecule has 0 unspecified atom stereocenters. The van der Waals surface area contributed by atoms with Gasteiger partial charge in [0.05, 0.1) is 0 Å². The summed E-state index contributed by atoms with van der Waals surface area (Å²) >= 11 is 1.49. The van der Waals surface area contributed by atoms with Crippen molar-refractivity contribution in [2.75, 3.05) is 13.0 Å². The molecule has 3 rings (SSSR count). The first-order valence-corrected chi connectivity index (χ1v) is 7.67. The number of benzene rings is 1. The van der Waals surface area contributed by atoms with Crippen LogP contribution in [0.5, 0.6) is 11.5 Å². The molecule has 1 aromatic carbocycles. The third-order valence-electron chi connectivity index (χ3n) is 3.36. The fourth-order valence-electron chi connectivity index (χ4n) is 2.12. The molecule has 21 heavy (non-hydrogen) atoms. The summed E-state index contributed by atoms with van der Waals surface area (Å²) in [5, 5.41) is 4.21. The highest BCUT2D eigenvalue weighted by atomic mass is 32.2. The molecule has 0 bridgehead atoms. The molecule has 0 spiro atoms. The zero-order valence-corrected chi connectivity index (χ0v) is 12.4. The molecule has 2 aliphatic heterocycles. The van der Waals surface area contributed by atoms with Gasteiger partial charge >= 0.3 is 0 Å². The van der Waals surface area contributed by atoms with E-state index < -0.39 is 5.12 Å². The van der Waals surface area contributed by atoms with E-state index in [2.05, 4.69) is 22.7 Å². The molecule has 1 saturated heterocycles. The molecule has 8 heteroatoms. The van der Waals surface area contributed by atoms with Gasteiger partial charge in [0.15, 0.2) is 11.5 Å². The van der Waals surface area contributed by atoms with Crippen molar-refractivity contribution in [1.82, 2.24) is 16.2 Å². The topological polar surface area (TPSA) is 88.2 Å². The van der Waals surface area contributed by atoms with Crippen LogP contribution >= 0.6 is 11.8 Å². The van der Waals surface area contributed by atoms with Gasteiger partial charge in [-0.3, -0.25) is 15.4 Å². The molecule has 2 heterocycles. The average Bonchev–Trinajstić information content (AvgIpc) is 2.96. The summed E-state index contributed by atoms with van der Waals surface area (Å²) in [6.07, 6.45) is 1.92. The molecule has 1 amide bonds. The fourth-order valence-corrected chi connectivity index (χ4v) is 2.72. The van der Waals surface area contributed by atoms with E-state index in [9.17, 15) is 4.79 Å². The first-order valence-electron chi connectivity index (χ1n) is 6.44. The van der Waals surface area contributed by atoms with Crippen molar-refractivity contribution in [3.8, 4) is 11.5 Å². The van der Waals surface area contributed by atoms with Gasteiger partial charge in [-0.25, -0.2) is 0 Å². The monoisotopic (exact) mass is 309 g/mol. The lowest BCUT2D eigenvalue weighted by molar-refractivity contribution is -0.728. The number of fused-ring (bicyclic) bond motifs is 1. The van der Waals surface area contributed by atoms with Crippen LogP contribution in [0.2, 0.25) is 0 Å². The van der Waals surface area contributed by atoms with Crippen LogP contribution in [-0.2, 0) is 11.3 Å². The van der Waals surface area contributed by atoms with Crippen LogP contribution in [0.15, 0.2) is 30.5 Å². The number of thioether (sulfide) groups is 1. The molecule has 5 N–H and O–H groups in total. The number of carbonyl (C=O) groups excluding carboxylic acids is 1. The number of hydrazine groups is 1. The first kappa shape index (κ1) is 14.1. The Hall–Kier alpha value is -1.90. The summed E-state index contributed by atoms with van der Waals surface area (Å²) in [6, 6.07) is 5.82. The second-order valence-electron chi connectivity index (χ2n) is 4.72. The van der Waals surface area contributed by atoms with Gasteiger partial charge in [0.2, 0.25) is 6.79 Å². The van der Waals surface area contributed by atoms with Crippen molar-refractivity contribution in [3.05, 3.63) is 36.0 Å². The highest BCUT2D eigenvalue weighted by molar-refractivity contribution is 7.99. The quantitative estimate of drug-likeness (QED) is 0.430. The highest BCUT2D eigenvalue weighted by Crippen LogP contribution is 2.32. The van der Waals surface area contributed by atoms with Crippen molar-refractivity contribution >= 4 is 17.7 Å². The van der Waals surface area contributed by atoms with Gasteiger partial charge in [-0.05, 0) is 24.5 Å². The van der Waals surface area contributed by atoms with Crippen LogP contribution in [0.25, 0.3) is 0 Å². The number of nitrogens with two attached hydrogens (primary N) is 1. The molecular weight excluding hydrogens is 292 g/mol. The Balaban J connectivity index is 1.68. The average molecular weight is 309 g/mol. The van der Waals surface area contributed by atoms with Crippen LogP contribution in [0.4, 0.5) is 0 Å². The maximum absolute atomic E-state index is 11.8. The Morgan fingerprint density at radius 1 is 1.43 bits per heavy atom. The third-order valence-corrected chi connectivity index (χ3v) is 4.37. The molecule has 1 atom stereocenters. The summed E-state index contributed by atoms with van der Waals surface area (Å²) in [4.78, 5) is 11.8. The van der Waals surface area contributed by atoms with Crippen LogP contribution in [0.1, 0.15) is 5.56 Å². The Bertz CT molecular complexity index is 595. The molecule has 1 aromatic rings. The lowest BCUT2D eigenvalue weighted by Gasteiger charge is -2.35. The van der Waals surface area contributed by atoms with E-state index in [4.69, 9.17) is 9.47 Å². The molecule has 0 aromatic heterocycles. The molecule has 7 nitrogen and oxygen atoms in total. The van der Waals surface area contributed by atoms with E-state index in [-0.39, 0.29) is 12.7 Å². The van der Waals surface area contributed by atoms with Crippen molar-refractivity contribution in [2.24, 2.45) is 0 Å². The second-order valence-corrected chi connectivity index (χ2v) is 5.77. The minimum atomic E-state index is -0.672. The van der Waals surface area contributed by atoms with Gasteiger partial charge < -0.3 is 14.9 Å². The lowest BCUT2D eigenvalue weighted by Crippen LogP contribution is -3.04. The van der Waals surface area contributed by atoms with Crippen molar-refractivity contribution < 1.29 is 19.6 Å². The van der Waals surface area contributed by atoms with E-state index in [1.807, 2.05) is 29.8 Å². The molecule has 0 saturated carbocycles. The van der Waals surface area contributed by atoms with Gasteiger partial charge in [-0.2, -0.15) is 5.43 Å². The molecule has 112 valence electrons. The van der Waals surface area contributed by atoms with Crippen molar-refractivity contribution in [2.45, 2.75) is 11.7 Å². The molecular formula is C13H17N4O3S+. The number of quaternary nitrogens is 1. The minimum Gasteiger partial charge on any atom is -0.454 e. The standard InChI is InChI=1S/C13H16N4O3S/c1-8-12(18)15-13(21-2,17-16-8)14-6-9-3-4-10-11(5-9)20-7-19-10/h3-5,14,16-17H,1,6-7H2,2H3,(H,15,18)/p+1/t13-/m1/s1. The van der Waals surface area contributed by atoms with Gasteiger partial charge in [0, 0.05) is 5.56 Å². The number of hydrogen-bond acceptors (Lipinski definition) is 6. The minimum absolute atomic E-state index is 0.218. The summed E-state index contributed by atoms with van der Waals surface area (Å²) < 4.78 is 10.7. The number of carbonyl (C=O) groups is 1. The molecule has 2 aliphatic rings. The summed E-state index contributed by atoms with van der Waals surface area (Å²) in [7, 11) is 0. The Morgan fingerprint density at radius 3 is 3.00 bits per heavy atom. The summed E-state index contributed by atoms with van der Waals surface area (Å²) in [5.41, 5.74) is 7.23.